The van der Waals surface area contributed by atoms with E-state index in [4.69, 9.17) is 9.47 Å². The highest BCUT2D eigenvalue weighted by atomic mass is 19.1. The molecule has 0 radical (unpaired) electrons. The van der Waals surface area contributed by atoms with Crippen molar-refractivity contribution in [3.8, 4) is 11.5 Å². The van der Waals surface area contributed by atoms with E-state index in [1.165, 1.54) is 13.8 Å². The Morgan fingerprint density at radius 2 is 1.96 bits per heavy atom. The van der Waals surface area contributed by atoms with Crippen molar-refractivity contribution in [2.75, 3.05) is 6.61 Å². The number of carboxylic acid groups (broad SMARTS) is 1. The number of carbonyl (C=O) groups is 1. The summed E-state index contributed by atoms with van der Waals surface area (Å²) in [5, 5.41) is 9.20. The number of hydrogen-bond acceptors (Lipinski definition) is 3. The zero-order chi connectivity index (χ0) is 18.2. The van der Waals surface area contributed by atoms with Gasteiger partial charge < -0.3 is 14.6 Å². The molecule has 25 heavy (non-hydrogen) atoms. The van der Waals surface area contributed by atoms with Crippen LogP contribution in [0.25, 0.3) is 0 Å². The van der Waals surface area contributed by atoms with E-state index in [1.54, 1.807) is 6.07 Å². The maximum atomic E-state index is 14.3. The van der Waals surface area contributed by atoms with E-state index in [0.29, 0.717) is 17.9 Å². The summed E-state index contributed by atoms with van der Waals surface area (Å²) in [5.74, 6) is -2.86. The van der Waals surface area contributed by atoms with Crippen LogP contribution in [0.5, 0.6) is 11.5 Å². The lowest BCUT2D eigenvalue weighted by atomic mass is 9.84. The minimum absolute atomic E-state index is 0.0336. The molecule has 3 rings (SSSR count). The van der Waals surface area contributed by atoms with E-state index in [9.17, 15) is 18.7 Å². The van der Waals surface area contributed by atoms with Crippen LogP contribution in [0.4, 0.5) is 8.78 Å². The normalized spacial score (nSPS) is 13.3. The van der Waals surface area contributed by atoms with Crippen LogP contribution in [-0.2, 0) is 23.2 Å². The molecule has 1 aliphatic heterocycles. The molecule has 0 fully saturated rings. The quantitative estimate of drug-likeness (QED) is 0.892. The van der Waals surface area contributed by atoms with Crippen molar-refractivity contribution < 1.29 is 28.2 Å². The van der Waals surface area contributed by atoms with Gasteiger partial charge in [-0.05, 0) is 37.1 Å². The third-order valence-electron chi connectivity index (χ3n) is 4.42. The first-order chi connectivity index (χ1) is 11.8. The second kappa shape index (κ2) is 6.35. The van der Waals surface area contributed by atoms with Gasteiger partial charge in [-0.15, -0.1) is 0 Å². The zero-order valence-corrected chi connectivity index (χ0v) is 13.9. The highest BCUT2D eigenvalue weighted by Gasteiger charge is 2.31. The van der Waals surface area contributed by atoms with E-state index in [-0.39, 0.29) is 12.2 Å². The summed E-state index contributed by atoms with van der Waals surface area (Å²) in [5.41, 5.74) is 0.379. The first kappa shape index (κ1) is 17.2. The summed E-state index contributed by atoms with van der Waals surface area (Å²) in [6, 6.07) is 7.56. The summed E-state index contributed by atoms with van der Waals surface area (Å²) in [6.07, 6.45) is 0.796. The topological polar surface area (TPSA) is 55.8 Å². The van der Waals surface area contributed by atoms with Crippen molar-refractivity contribution in [2.45, 2.75) is 32.3 Å². The van der Waals surface area contributed by atoms with Gasteiger partial charge in [0.15, 0.2) is 17.4 Å². The van der Waals surface area contributed by atoms with E-state index < -0.39 is 28.8 Å². The molecule has 0 aromatic heterocycles. The van der Waals surface area contributed by atoms with Crippen LogP contribution in [0.2, 0.25) is 0 Å². The van der Waals surface area contributed by atoms with Crippen molar-refractivity contribution in [3.63, 3.8) is 0 Å². The molecular formula is C19H18F2O4. The van der Waals surface area contributed by atoms with Crippen molar-refractivity contribution in [2.24, 2.45) is 0 Å². The largest absolute Gasteiger partial charge is 0.493 e. The molecule has 0 saturated carbocycles. The van der Waals surface area contributed by atoms with Crippen LogP contribution in [0.15, 0.2) is 30.3 Å². The molecule has 132 valence electrons. The molecule has 1 aliphatic rings. The third-order valence-corrected chi connectivity index (χ3v) is 4.42. The monoisotopic (exact) mass is 348 g/mol. The molecule has 2 aromatic carbocycles. The van der Waals surface area contributed by atoms with Gasteiger partial charge in [0.05, 0.1) is 12.0 Å². The number of para-hydroxylation sites is 1. The Kier molecular flexibility index (Phi) is 4.37. The molecule has 1 heterocycles. The lowest BCUT2D eigenvalue weighted by Crippen LogP contribution is -2.28. The molecule has 0 atom stereocenters. The average molecular weight is 348 g/mol. The van der Waals surface area contributed by atoms with Gasteiger partial charge in [0, 0.05) is 12.0 Å². The molecule has 0 saturated heterocycles. The Labute approximate surface area is 144 Å². The predicted octanol–water partition coefficient (Wildman–Crippen LogP) is 3.84. The van der Waals surface area contributed by atoms with E-state index >= 15 is 0 Å². The summed E-state index contributed by atoms with van der Waals surface area (Å²) < 4.78 is 39.5. The van der Waals surface area contributed by atoms with Gasteiger partial charge in [-0.3, -0.25) is 4.79 Å². The third kappa shape index (κ3) is 3.16. The van der Waals surface area contributed by atoms with Crippen molar-refractivity contribution >= 4 is 5.97 Å². The average Bonchev–Trinajstić information content (AvgIpc) is 3.03. The molecule has 0 amide bonds. The van der Waals surface area contributed by atoms with E-state index in [2.05, 4.69) is 0 Å². The van der Waals surface area contributed by atoms with Gasteiger partial charge in [0.25, 0.3) is 0 Å². The molecule has 2 aromatic rings. The lowest BCUT2D eigenvalue weighted by Gasteiger charge is -2.21. The molecule has 0 aliphatic carbocycles. The highest BCUT2D eigenvalue weighted by Crippen LogP contribution is 2.33. The molecule has 0 bridgehead atoms. The minimum Gasteiger partial charge on any atom is -0.493 e. The number of halogens is 2. The van der Waals surface area contributed by atoms with E-state index in [1.807, 2.05) is 12.1 Å². The molecule has 6 heteroatoms. The molecular weight excluding hydrogens is 330 g/mol. The number of ether oxygens (including phenoxy) is 2. The maximum Gasteiger partial charge on any atom is 0.313 e. The van der Waals surface area contributed by atoms with Crippen molar-refractivity contribution in [1.29, 1.82) is 0 Å². The van der Waals surface area contributed by atoms with Crippen LogP contribution in [0.1, 0.15) is 30.5 Å². The van der Waals surface area contributed by atoms with Gasteiger partial charge in [-0.1, -0.05) is 18.2 Å². The lowest BCUT2D eigenvalue weighted by molar-refractivity contribution is -0.142. The number of fused-ring (bicyclic) bond motifs is 1. The fourth-order valence-corrected chi connectivity index (χ4v) is 2.73. The summed E-state index contributed by atoms with van der Waals surface area (Å²) in [6.45, 7) is 3.30. The molecule has 4 nitrogen and oxygen atoms in total. The first-order valence-corrected chi connectivity index (χ1v) is 7.90. The van der Waals surface area contributed by atoms with Gasteiger partial charge in [-0.25, -0.2) is 8.78 Å². The number of aliphatic carboxylic acids is 1. The first-order valence-electron chi connectivity index (χ1n) is 7.90. The van der Waals surface area contributed by atoms with Crippen LogP contribution in [0, 0.1) is 11.6 Å². The van der Waals surface area contributed by atoms with Crippen LogP contribution in [0.3, 0.4) is 0 Å². The second-order valence-electron chi connectivity index (χ2n) is 6.49. The number of carboxylic acids is 1. The second-order valence-corrected chi connectivity index (χ2v) is 6.49. The number of hydrogen-bond donors (Lipinski definition) is 1. The van der Waals surface area contributed by atoms with Gasteiger partial charge in [0.2, 0.25) is 0 Å². The fraction of sp³-hybridized carbons (Fsp3) is 0.316. The van der Waals surface area contributed by atoms with Crippen LogP contribution in [-0.4, -0.2) is 17.7 Å². The predicted molar refractivity (Wildman–Crippen MR) is 87.0 cm³/mol. The Morgan fingerprint density at radius 3 is 2.60 bits per heavy atom. The minimum atomic E-state index is -1.41. The summed E-state index contributed by atoms with van der Waals surface area (Å²) in [4.78, 5) is 11.3. The molecule has 0 unspecified atom stereocenters. The Hall–Kier alpha value is -2.63. The maximum absolute atomic E-state index is 14.3. The molecule has 1 N–H and O–H groups in total. The highest BCUT2D eigenvalue weighted by molar-refractivity contribution is 5.80. The van der Waals surface area contributed by atoms with Crippen LogP contribution >= 0.6 is 0 Å². The number of benzene rings is 2. The van der Waals surface area contributed by atoms with Gasteiger partial charge in [0.1, 0.15) is 12.4 Å². The van der Waals surface area contributed by atoms with Crippen molar-refractivity contribution in [3.05, 3.63) is 58.7 Å². The zero-order valence-electron chi connectivity index (χ0n) is 13.9. The van der Waals surface area contributed by atoms with E-state index in [0.717, 1.165) is 24.1 Å². The van der Waals surface area contributed by atoms with Crippen LogP contribution < -0.4 is 9.47 Å². The summed E-state index contributed by atoms with van der Waals surface area (Å²) in [7, 11) is 0. The fourth-order valence-electron chi connectivity index (χ4n) is 2.73. The Balaban J connectivity index is 1.85. The SMILES string of the molecule is CC(C)(C(=O)O)c1cc(F)c(OCc2cccc3c2OCC3)c(F)c1. The Morgan fingerprint density at radius 1 is 1.28 bits per heavy atom. The van der Waals surface area contributed by atoms with Gasteiger partial charge in [-0.2, -0.15) is 0 Å². The Bertz CT molecular complexity index is 807. The summed E-state index contributed by atoms with van der Waals surface area (Å²) >= 11 is 0. The number of rotatable bonds is 5. The smallest absolute Gasteiger partial charge is 0.313 e. The molecule has 0 spiro atoms. The standard InChI is InChI=1S/C19H18F2O4/c1-19(2,18(22)23)13-8-14(20)17(15(21)9-13)25-10-12-5-3-4-11-6-7-24-16(11)12/h3-5,8-9H,6-7,10H2,1-2H3,(H,22,23). The van der Waals surface area contributed by atoms with Crippen molar-refractivity contribution in [1.82, 2.24) is 0 Å². The van der Waals surface area contributed by atoms with Gasteiger partial charge >= 0.3 is 5.97 Å².